The Morgan fingerprint density at radius 3 is 2.44 bits per heavy atom. The van der Waals surface area contributed by atoms with E-state index in [1.807, 2.05) is 6.07 Å². The second kappa shape index (κ2) is 10.2. The van der Waals surface area contributed by atoms with Crippen molar-refractivity contribution >= 4 is 29.4 Å². The third kappa shape index (κ3) is 5.28. The summed E-state index contributed by atoms with van der Waals surface area (Å²) in [7, 11) is 1.68. The van der Waals surface area contributed by atoms with Crippen LogP contribution in [0.15, 0.2) is 48.8 Å². The van der Waals surface area contributed by atoms with Gasteiger partial charge in [0.2, 0.25) is 0 Å². The second-order valence-corrected chi connectivity index (χ2v) is 8.06. The lowest BCUT2D eigenvalue weighted by atomic mass is 10.0. The molecule has 1 aromatic carbocycles. The number of hydrogen-bond acceptors (Lipinski definition) is 8. The standard InChI is InChI=1S/C25H21FN6O4/c1-13(33)16-5-6-18(26)22(23(16)36-24(34)15-4-8-20(28-2)30-12-15)17-9-19(17)31-25(35)32-21-7-3-14(10-27)11-29-21/h3-8,11-12,17,19H,9H2,1-2H3,(H,28,30)(H2,29,31,32,35)/t17-,19+/m1/s1. The first-order chi connectivity index (χ1) is 17.3. The fraction of sp³-hybridized carbons (Fsp3) is 0.200. The molecule has 182 valence electrons. The number of Topliss-reactive ketones (excluding diaryl/α,β-unsaturated/α-hetero) is 1. The van der Waals surface area contributed by atoms with Crippen molar-refractivity contribution in [2.75, 3.05) is 17.7 Å². The van der Waals surface area contributed by atoms with Gasteiger partial charge >= 0.3 is 12.0 Å². The number of nitriles is 1. The SMILES string of the molecule is CNc1ccc(C(=O)Oc2c(C(C)=O)ccc(F)c2[C@@H]2C[C@@H]2NC(=O)Nc2ccc(C#N)cn2)cn1. The Bertz CT molecular complexity index is 1370. The number of urea groups is 1. The van der Waals surface area contributed by atoms with Gasteiger partial charge in [-0.1, -0.05) is 0 Å². The predicted octanol–water partition coefficient (Wildman–Crippen LogP) is 3.63. The Kier molecular flexibility index (Phi) is 6.87. The number of nitrogens with one attached hydrogen (secondary N) is 3. The maximum atomic E-state index is 15.0. The van der Waals surface area contributed by atoms with Crippen molar-refractivity contribution in [2.45, 2.75) is 25.3 Å². The van der Waals surface area contributed by atoms with Crippen LogP contribution in [0.1, 0.15) is 51.1 Å². The summed E-state index contributed by atoms with van der Waals surface area (Å²) in [5.74, 6) is -1.77. The van der Waals surface area contributed by atoms with Crippen LogP contribution in [0.2, 0.25) is 0 Å². The molecule has 10 nitrogen and oxygen atoms in total. The van der Waals surface area contributed by atoms with Crippen LogP contribution in [0.5, 0.6) is 5.75 Å². The Hall–Kier alpha value is -4.85. The van der Waals surface area contributed by atoms with Crippen molar-refractivity contribution in [1.82, 2.24) is 15.3 Å². The van der Waals surface area contributed by atoms with Crippen LogP contribution >= 0.6 is 0 Å². The molecule has 0 unspecified atom stereocenters. The molecule has 1 aliphatic carbocycles. The zero-order valence-electron chi connectivity index (χ0n) is 19.3. The van der Waals surface area contributed by atoms with E-state index in [0.29, 0.717) is 17.8 Å². The Balaban J connectivity index is 1.52. The number of ketones is 1. The molecule has 0 bridgehead atoms. The van der Waals surface area contributed by atoms with Crippen molar-refractivity contribution in [3.8, 4) is 11.8 Å². The number of ether oxygens (including phenoxy) is 1. The molecule has 1 fully saturated rings. The van der Waals surface area contributed by atoms with E-state index in [1.54, 1.807) is 13.1 Å². The fourth-order valence-electron chi connectivity index (χ4n) is 3.65. The minimum absolute atomic E-state index is 0.0395. The van der Waals surface area contributed by atoms with Gasteiger partial charge in [0, 0.05) is 37.0 Å². The lowest BCUT2D eigenvalue weighted by Gasteiger charge is -2.15. The van der Waals surface area contributed by atoms with Gasteiger partial charge in [0.15, 0.2) is 5.78 Å². The third-order valence-electron chi connectivity index (χ3n) is 5.58. The number of halogens is 1. The van der Waals surface area contributed by atoms with Gasteiger partial charge in [-0.2, -0.15) is 5.26 Å². The minimum Gasteiger partial charge on any atom is -0.422 e. The highest BCUT2D eigenvalue weighted by Gasteiger charge is 2.44. The van der Waals surface area contributed by atoms with Gasteiger partial charge in [-0.05, 0) is 49.7 Å². The second-order valence-electron chi connectivity index (χ2n) is 8.06. The van der Waals surface area contributed by atoms with Crippen molar-refractivity contribution in [3.05, 3.63) is 76.9 Å². The molecule has 2 amide bonds. The van der Waals surface area contributed by atoms with E-state index in [0.717, 1.165) is 6.07 Å². The summed E-state index contributed by atoms with van der Waals surface area (Å²) >= 11 is 0. The minimum atomic E-state index is -0.797. The van der Waals surface area contributed by atoms with Gasteiger partial charge in [0.05, 0.1) is 16.7 Å². The fourth-order valence-corrected chi connectivity index (χ4v) is 3.65. The molecule has 36 heavy (non-hydrogen) atoms. The molecule has 0 saturated heterocycles. The molecule has 3 N–H and O–H groups in total. The molecule has 0 aliphatic heterocycles. The van der Waals surface area contributed by atoms with E-state index in [-0.39, 0.29) is 28.3 Å². The van der Waals surface area contributed by atoms with Crippen LogP contribution in [-0.2, 0) is 0 Å². The Morgan fingerprint density at radius 2 is 1.83 bits per heavy atom. The average Bonchev–Trinajstić information content (AvgIpc) is 3.62. The molecule has 0 radical (unpaired) electrons. The highest BCUT2D eigenvalue weighted by atomic mass is 19.1. The molecule has 11 heteroatoms. The number of esters is 1. The number of aromatic nitrogens is 2. The smallest absolute Gasteiger partial charge is 0.345 e. The van der Waals surface area contributed by atoms with Crippen molar-refractivity contribution in [1.29, 1.82) is 5.26 Å². The third-order valence-corrected chi connectivity index (χ3v) is 5.58. The molecule has 2 heterocycles. The van der Waals surface area contributed by atoms with Crippen LogP contribution in [0.3, 0.4) is 0 Å². The van der Waals surface area contributed by atoms with Gasteiger partial charge in [0.1, 0.15) is 29.3 Å². The predicted molar refractivity (Wildman–Crippen MR) is 127 cm³/mol. The summed E-state index contributed by atoms with van der Waals surface area (Å²) in [5, 5.41) is 16.9. The lowest BCUT2D eigenvalue weighted by molar-refractivity contribution is 0.0730. The number of hydrogen-bond donors (Lipinski definition) is 3. The summed E-state index contributed by atoms with van der Waals surface area (Å²) in [5.41, 5.74) is 0.562. The number of pyridine rings is 2. The van der Waals surface area contributed by atoms with Crippen LogP contribution in [0, 0.1) is 17.1 Å². The normalized spacial score (nSPS) is 15.8. The molecular formula is C25H21FN6O4. The molecule has 4 rings (SSSR count). The first-order valence-corrected chi connectivity index (χ1v) is 10.9. The van der Waals surface area contributed by atoms with E-state index in [4.69, 9.17) is 10.00 Å². The van der Waals surface area contributed by atoms with Gasteiger partial charge in [0.25, 0.3) is 0 Å². The van der Waals surface area contributed by atoms with Gasteiger partial charge < -0.3 is 15.4 Å². The Labute approximate surface area is 205 Å². The zero-order valence-corrected chi connectivity index (χ0v) is 19.3. The quantitative estimate of drug-likeness (QED) is 0.260. The van der Waals surface area contributed by atoms with E-state index in [9.17, 15) is 18.8 Å². The van der Waals surface area contributed by atoms with Crippen molar-refractivity contribution < 1.29 is 23.5 Å². The van der Waals surface area contributed by atoms with E-state index < -0.39 is 35.6 Å². The van der Waals surface area contributed by atoms with Crippen LogP contribution < -0.4 is 20.7 Å². The maximum absolute atomic E-state index is 15.0. The number of benzene rings is 1. The number of carbonyl (C=O) groups excluding carboxylic acids is 3. The average molecular weight is 488 g/mol. The summed E-state index contributed by atoms with van der Waals surface area (Å²) in [6, 6.07) is 9.37. The number of anilines is 2. The van der Waals surface area contributed by atoms with Crippen molar-refractivity contribution in [3.63, 3.8) is 0 Å². The topological polar surface area (TPSA) is 146 Å². The zero-order chi connectivity index (χ0) is 25.8. The first kappa shape index (κ1) is 24.3. The molecule has 2 aromatic heterocycles. The monoisotopic (exact) mass is 488 g/mol. The highest BCUT2D eigenvalue weighted by molar-refractivity contribution is 5.99. The molecular weight excluding hydrogens is 467 g/mol. The van der Waals surface area contributed by atoms with Crippen LogP contribution in [0.25, 0.3) is 0 Å². The lowest BCUT2D eigenvalue weighted by Crippen LogP contribution is -2.31. The van der Waals surface area contributed by atoms with E-state index in [2.05, 4.69) is 25.9 Å². The highest BCUT2D eigenvalue weighted by Crippen LogP contribution is 2.47. The summed E-state index contributed by atoms with van der Waals surface area (Å²) in [6.07, 6.45) is 3.00. The summed E-state index contributed by atoms with van der Waals surface area (Å²) in [6.45, 7) is 1.29. The Morgan fingerprint density at radius 1 is 1.08 bits per heavy atom. The molecule has 3 aromatic rings. The van der Waals surface area contributed by atoms with Crippen LogP contribution in [0.4, 0.5) is 20.8 Å². The number of carbonyl (C=O) groups is 3. The van der Waals surface area contributed by atoms with Gasteiger partial charge in [-0.15, -0.1) is 0 Å². The molecule has 2 atom stereocenters. The molecule has 1 aliphatic rings. The number of nitrogens with zero attached hydrogens (tertiary/aromatic N) is 3. The van der Waals surface area contributed by atoms with Crippen molar-refractivity contribution in [2.24, 2.45) is 0 Å². The molecule has 0 spiro atoms. The molecule has 1 saturated carbocycles. The summed E-state index contributed by atoms with van der Waals surface area (Å²) < 4.78 is 20.5. The largest absolute Gasteiger partial charge is 0.422 e. The van der Waals surface area contributed by atoms with Crippen LogP contribution in [-0.4, -0.2) is 40.8 Å². The van der Waals surface area contributed by atoms with E-state index in [1.165, 1.54) is 43.6 Å². The van der Waals surface area contributed by atoms with E-state index >= 15 is 0 Å². The summed E-state index contributed by atoms with van der Waals surface area (Å²) in [4.78, 5) is 45.4. The number of amides is 2. The number of rotatable bonds is 7. The maximum Gasteiger partial charge on any atom is 0.345 e. The first-order valence-electron chi connectivity index (χ1n) is 10.9. The van der Waals surface area contributed by atoms with Gasteiger partial charge in [-0.3, -0.25) is 10.1 Å². The van der Waals surface area contributed by atoms with Gasteiger partial charge in [-0.25, -0.2) is 23.9 Å².